The number of carbonyl (C=O) groups is 1. The van der Waals surface area contributed by atoms with Crippen molar-refractivity contribution in [2.45, 2.75) is 32.2 Å². The molecule has 1 aromatic heterocycles. The smallest absolute Gasteiger partial charge is 0.241 e. The van der Waals surface area contributed by atoms with Gasteiger partial charge in [0.25, 0.3) is 0 Å². The van der Waals surface area contributed by atoms with Crippen LogP contribution >= 0.6 is 0 Å². The van der Waals surface area contributed by atoms with Crippen LogP contribution < -0.4 is 10.1 Å². The third-order valence-corrected chi connectivity index (χ3v) is 5.27. The highest BCUT2D eigenvalue weighted by Crippen LogP contribution is 2.36. The van der Waals surface area contributed by atoms with Gasteiger partial charge in [0.15, 0.2) is 0 Å². The Morgan fingerprint density at radius 3 is 2.65 bits per heavy atom. The van der Waals surface area contributed by atoms with E-state index in [1.54, 1.807) is 7.11 Å². The van der Waals surface area contributed by atoms with E-state index in [-0.39, 0.29) is 11.9 Å². The van der Waals surface area contributed by atoms with E-state index in [1.807, 2.05) is 43.3 Å². The topological polar surface area (TPSA) is 54.7 Å². The van der Waals surface area contributed by atoms with Crippen molar-refractivity contribution < 1.29 is 13.9 Å². The van der Waals surface area contributed by atoms with Gasteiger partial charge in [-0.2, -0.15) is 0 Å². The molecule has 0 saturated carbocycles. The number of nitrogens with zero attached hydrogens (tertiary/aromatic N) is 1. The Labute approximate surface area is 152 Å². The number of hydrogen-bond donors (Lipinski definition) is 1. The maximum absolute atomic E-state index is 12.7. The molecule has 0 bridgehead atoms. The fourth-order valence-corrected chi connectivity index (χ4v) is 3.73. The standard InChI is InChI=1S/C21H24N2O3/c1-14(23-10-6-3-7-11-23)21(24)22-17-13-19-16(12-20(17)25-2)15-8-4-5-9-18(15)26-19/h4-5,8-9,12-14H,3,6-7,10-11H2,1-2H3,(H,22,24)/t14-/m0/s1. The summed E-state index contributed by atoms with van der Waals surface area (Å²) < 4.78 is 11.5. The van der Waals surface area contributed by atoms with Crippen LogP contribution in [0.1, 0.15) is 26.2 Å². The molecule has 0 unspecified atom stereocenters. The van der Waals surface area contributed by atoms with E-state index < -0.39 is 0 Å². The van der Waals surface area contributed by atoms with E-state index in [2.05, 4.69) is 10.2 Å². The lowest BCUT2D eigenvalue weighted by molar-refractivity contribution is -0.121. The minimum atomic E-state index is -0.161. The van der Waals surface area contributed by atoms with Gasteiger partial charge in [0, 0.05) is 16.8 Å². The van der Waals surface area contributed by atoms with Gasteiger partial charge in [-0.15, -0.1) is 0 Å². The van der Waals surface area contributed by atoms with E-state index in [1.165, 1.54) is 6.42 Å². The zero-order valence-electron chi connectivity index (χ0n) is 15.2. The minimum Gasteiger partial charge on any atom is -0.495 e. The third kappa shape index (κ3) is 3.03. The van der Waals surface area contributed by atoms with Crippen molar-refractivity contribution in [2.24, 2.45) is 0 Å². The summed E-state index contributed by atoms with van der Waals surface area (Å²) in [4.78, 5) is 15.0. The van der Waals surface area contributed by atoms with Crippen LogP contribution in [0.25, 0.3) is 21.9 Å². The molecule has 0 radical (unpaired) electrons. The summed E-state index contributed by atoms with van der Waals surface area (Å²) in [5, 5.41) is 5.06. The number of nitrogens with one attached hydrogen (secondary N) is 1. The number of benzene rings is 2. The number of anilines is 1. The number of likely N-dealkylation sites (tertiary alicyclic amines) is 1. The third-order valence-electron chi connectivity index (χ3n) is 5.27. The second-order valence-corrected chi connectivity index (χ2v) is 6.91. The molecule has 0 spiro atoms. The van der Waals surface area contributed by atoms with Crippen LogP contribution in [0.3, 0.4) is 0 Å². The number of piperidine rings is 1. The Kier molecular flexibility index (Phi) is 4.55. The Balaban J connectivity index is 1.64. The number of carbonyl (C=O) groups excluding carboxylic acids is 1. The predicted molar refractivity (Wildman–Crippen MR) is 104 cm³/mol. The predicted octanol–water partition coefficient (Wildman–Crippen LogP) is 4.41. The van der Waals surface area contributed by atoms with Crippen molar-refractivity contribution in [2.75, 3.05) is 25.5 Å². The number of rotatable bonds is 4. The molecular formula is C21H24N2O3. The SMILES string of the molecule is COc1cc2c(cc1NC(=O)[C@H](C)N1CCCCC1)oc1ccccc12. The fraction of sp³-hybridized carbons (Fsp3) is 0.381. The summed E-state index contributed by atoms with van der Waals surface area (Å²) in [6, 6.07) is 11.5. The maximum Gasteiger partial charge on any atom is 0.241 e. The summed E-state index contributed by atoms with van der Waals surface area (Å²) in [6.07, 6.45) is 3.57. The number of amides is 1. The highest BCUT2D eigenvalue weighted by Gasteiger charge is 2.24. The molecule has 3 aromatic rings. The molecular weight excluding hydrogens is 328 g/mol. The number of para-hydroxylation sites is 1. The first-order valence-electron chi connectivity index (χ1n) is 9.21. The maximum atomic E-state index is 12.7. The molecule has 1 N–H and O–H groups in total. The molecule has 1 aliphatic heterocycles. The molecule has 5 heteroatoms. The van der Waals surface area contributed by atoms with Crippen molar-refractivity contribution >= 4 is 33.5 Å². The number of fused-ring (bicyclic) bond motifs is 3. The number of furan rings is 1. The lowest BCUT2D eigenvalue weighted by Gasteiger charge is -2.31. The number of ether oxygens (including phenoxy) is 1. The fourth-order valence-electron chi connectivity index (χ4n) is 3.73. The van der Waals surface area contributed by atoms with Gasteiger partial charge in [0.2, 0.25) is 5.91 Å². The second-order valence-electron chi connectivity index (χ2n) is 6.91. The van der Waals surface area contributed by atoms with Gasteiger partial charge >= 0.3 is 0 Å². The van der Waals surface area contributed by atoms with Crippen LogP contribution in [0.2, 0.25) is 0 Å². The van der Waals surface area contributed by atoms with Gasteiger partial charge in [-0.1, -0.05) is 24.6 Å². The second kappa shape index (κ2) is 7.00. The molecule has 1 atom stereocenters. The average Bonchev–Trinajstić information content (AvgIpc) is 3.04. The van der Waals surface area contributed by atoms with Gasteiger partial charge in [-0.3, -0.25) is 9.69 Å². The van der Waals surface area contributed by atoms with Gasteiger partial charge in [0.05, 0.1) is 18.8 Å². The van der Waals surface area contributed by atoms with Crippen molar-refractivity contribution in [3.8, 4) is 5.75 Å². The highest BCUT2D eigenvalue weighted by molar-refractivity contribution is 6.08. The minimum absolute atomic E-state index is 0.0133. The Morgan fingerprint density at radius 2 is 1.88 bits per heavy atom. The van der Waals surface area contributed by atoms with Crippen molar-refractivity contribution in [1.82, 2.24) is 4.90 Å². The molecule has 5 nitrogen and oxygen atoms in total. The van der Waals surface area contributed by atoms with Gasteiger partial charge < -0.3 is 14.5 Å². The van der Waals surface area contributed by atoms with E-state index in [0.29, 0.717) is 11.4 Å². The van der Waals surface area contributed by atoms with E-state index >= 15 is 0 Å². The summed E-state index contributed by atoms with van der Waals surface area (Å²) in [5.74, 6) is 0.629. The summed E-state index contributed by atoms with van der Waals surface area (Å²) in [7, 11) is 1.62. The quantitative estimate of drug-likeness (QED) is 0.756. The van der Waals surface area contributed by atoms with Crippen LogP contribution in [0.4, 0.5) is 5.69 Å². The number of hydrogen-bond acceptors (Lipinski definition) is 4. The Bertz CT molecular complexity index is 941. The van der Waals surface area contributed by atoms with Crippen LogP contribution in [0.15, 0.2) is 40.8 Å². The zero-order valence-corrected chi connectivity index (χ0v) is 15.2. The lowest BCUT2D eigenvalue weighted by Crippen LogP contribution is -2.44. The van der Waals surface area contributed by atoms with E-state index in [9.17, 15) is 4.79 Å². The first-order valence-corrected chi connectivity index (χ1v) is 9.21. The van der Waals surface area contributed by atoms with Crippen molar-refractivity contribution in [1.29, 1.82) is 0 Å². The molecule has 1 fully saturated rings. The zero-order chi connectivity index (χ0) is 18.1. The van der Waals surface area contributed by atoms with Crippen LogP contribution in [0.5, 0.6) is 5.75 Å². The highest BCUT2D eigenvalue weighted by atomic mass is 16.5. The molecule has 1 saturated heterocycles. The molecule has 1 amide bonds. The molecule has 4 rings (SSSR count). The van der Waals surface area contributed by atoms with Crippen molar-refractivity contribution in [3.63, 3.8) is 0 Å². The van der Waals surface area contributed by atoms with Crippen molar-refractivity contribution in [3.05, 3.63) is 36.4 Å². The molecule has 136 valence electrons. The molecule has 2 heterocycles. The van der Waals surface area contributed by atoms with Gasteiger partial charge in [-0.05, 0) is 45.0 Å². The largest absolute Gasteiger partial charge is 0.495 e. The van der Waals surface area contributed by atoms with E-state index in [4.69, 9.17) is 9.15 Å². The van der Waals surface area contributed by atoms with Crippen LogP contribution in [-0.4, -0.2) is 37.0 Å². The monoisotopic (exact) mass is 352 g/mol. The Morgan fingerprint density at radius 1 is 1.12 bits per heavy atom. The Hall–Kier alpha value is -2.53. The normalized spacial score (nSPS) is 16.7. The lowest BCUT2D eigenvalue weighted by atomic mass is 10.1. The summed E-state index contributed by atoms with van der Waals surface area (Å²) in [6.45, 7) is 3.93. The van der Waals surface area contributed by atoms with Crippen LogP contribution in [0, 0.1) is 0 Å². The summed E-state index contributed by atoms with van der Waals surface area (Å²) >= 11 is 0. The first kappa shape index (κ1) is 16.9. The van der Waals surface area contributed by atoms with E-state index in [0.717, 1.165) is 47.9 Å². The molecule has 0 aliphatic carbocycles. The average molecular weight is 352 g/mol. The van der Waals surface area contributed by atoms with Gasteiger partial charge in [0.1, 0.15) is 16.9 Å². The molecule has 1 aliphatic rings. The molecule has 26 heavy (non-hydrogen) atoms. The summed E-state index contributed by atoms with van der Waals surface area (Å²) in [5.41, 5.74) is 2.22. The first-order chi connectivity index (χ1) is 12.7. The number of methoxy groups -OCH3 is 1. The van der Waals surface area contributed by atoms with Gasteiger partial charge in [-0.25, -0.2) is 0 Å². The van der Waals surface area contributed by atoms with Crippen LogP contribution in [-0.2, 0) is 4.79 Å². The molecule has 2 aromatic carbocycles.